The fourth-order valence-corrected chi connectivity index (χ4v) is 3.33. The first-order chi connectivity index (χ1) is 9.61. The second-order valence-electron chi connectivity index (χ2n) is 8.06. The van der Waals surface area contributed by atoms with Crippen molar-refractivity contribution < 1.29 is 9.53 Å². The van der Waals surface area contributed by atoms with Crippen LogP contribution in [0.1, 0.15) is 61.3 Å². The molecule has 0 heterocycles. The van der Waals surface area contributed by atoms with E-state index in [4.69, 9.17) is 4.74 Å². The van der Waals surface area contributed by atoms with E-state index in [2.05, 4.69) is 54.5 Å². The third-order valence-electron chi connectivity index (χ3n) is 4.35. The molecular weight excluding hydrogens is 260 g/mol. The topological polar surface area (TPSA) is 26.3 Å². The Labute approximate surface area is 130 Å². The highest BCUT2D eigenvalue weighted by atomic mass is 16.5. The second-order valence-corrected chi connectivity index (χ2v) is 8.06. The molecule has 0 saturated heterocycles. The van der Waals surface area contributed by atoms with Crippen molar-refractivity contribution in [1.29, 1.82) is 0 Å². The molecule has 0 aromatic rings. The maximum atomic E-state index is 11.8. The Morgan fingerprint density at radius 2 is 1.86 bits per heavy atom. The number of hydrogen-bond acceptors (Lipinski definition) is 2. The molecule has 0 bridgehead atoms. The molecule has 1 aliphatic carbocycles. The van der Waals surface area contributed by atoms with Crippen LogP contribution in [0.5, 0.6) is 0 Å². The van der Waals surface area contributed by atoms with Crippen molar-refractivity contribution in [3.63, 3.8) is 0 Å². The van der Waals surface area contributed by atoms with Gasteiger partial charge >= 0.3 is 0 Å². The van der Waals surface area contributed by atoms with E-state index < -0.39 is 5.60 Å². The highest BCUT2D eigenvalue weighted by Crippen LogP contribution is 2.52. The van der Waals surface area contributed by atoms with Gasteiger partial charge in [0.2, 0.25) is 0 Å². The van der Waals surface area contributed by atoms with Gasteiger partial charge in [0.1, 0.15) is 11.9 Å². The van der Waals surface area contributed by atoms with Crippen LogP contribution in [-0.4, -0.2) is 18.5 Å². The SMILES string of the molecule is CCCCOC1(C(C)(C)C)C(C(C)(C)C)=CC=CC1C=O. The molecule has 2 atom stereocenters. The van der Waals surface area contributed by atoms with E-state index in [0.29, 0.717) is 6.61 Å². The summed E-state index contributed by atoms with van der Waals surface area (Å²) in [7, 11) is 0. The van der Waals surface area contributed by atoms with Crippen LogP contribution in [0.15, 0.2) is 23.8 Å². The molecule has 120 valence electrons. The first-order valence-corrected chi connectivity index (χ1v) is 8.10. The number of allylic oxidation sites excluding steroid dienone is 2. The van der Waals surface area contributed by atoms with Crippen LogP contribution in [0.4, 0.5) is 0 Å². The summed E-state index contributed by atoms with van der Waals surface area (Å²) >= 11 is 0. The van der Waals surface area contributed by atoms with Crippen LogP contribution < -0.4 is 0 Å². The molecule has 0 aromatic carbocycles. The van der Waals surface area contributed by atoms with E-state index in [0.717, 1.165) is 19.1 Å². The number of carbonyl (C=O) groups excluding carboxylic acids is 1. The van der Waals surface area contributed by atoms with Crippen molar-refractivity contribution in [3.05, 3.63) is 23.8 Å². The minimum atomic E-state index is -0.559. The molecule has 0 radical (unpaired) electrons. The predicted molar refractivity (Wildman–Crippen MR) is 89.3 cm³/mol. The maximum absolute atomic E-state index is 11.8. The summed E-state index contributed by atoms with van der Waals surface area (Å²) in [5.41, 5.74) is 0.469. The lowest BCUT2D eigenvalue weighted by Gasteiger charge is -2.53. The van der Waals surface area contributed by atoms with Gasteiger partial charge < -0.3 is 9.53 Å². The second kappa shape index (κ2) is 6.48. The average molecular weight is 292 g/mol. The molecule has 2 unspecified atom stereocenters. The molecule has 2 nitrogen and oxygen atoms in total. The summed E-state index contributed by atoms with van der Waals surface area (Å²) in [5.74, 6) is -0.228. The lowest BCUT2D eigenvalue weighted by molar-refractivity contribution is -0.141. The van der Waals surface area contributed by atoms with Crippen LogP contribution in [0.25, 0.3) is 0 Å². The Hall–Kier alpha value is -0.890. The molecular formula is C19H32O2. The van der Waals surface area contributed by atoms with Crippen LogP contribution in [0.2, 0.25) is 0 Å². The number of carbonyl (C=O) groups is 1. The quantitative estimate of drug-likeness (QED) is 0.529. The molecule has 2 heteroatoms. The summed E-state index contributed by atoms with van der Waals surface area (Å²) in [5, 5.41) is 0. The largest absolute Gasteiger partial charge is 0.369 e. The molecule has 1 aliphatic rings. The number of unbranched alkanes of at least 4 members (excludes halogenated alkanes) is 1. The smallest absolute Gasteiger partial charge is 0.130 e. The minimum Gasteiger partial charge on any atom is -0.369 e. The van der Waals surface area contributed by atoms with Crippen LogP contribution in [0.3, 0.4) is 0 Å². The number of rotatable bonds is 5. The van der Waals surface area contributed by atoms with Crippen molar-refractivity contribution in [1.82, 2.24) is 0 Å². The standard InChI is InChI=1S/C19H32O2/c1-8-9-13-21-19(18(5,6)7)15(14-20)11-10-12-16(19)17(2,3)4/h10-12,14-15H,8-9,13H2,1-7H3. The average Bonchev–Trinajstić information content (AvgIpc) is 2.36. The van der Waals surface area contributed by atoms with Gasteiger partial charge in [-0.2, -0.15) is 0 Å². The minimum absolute atomic E-state index is 0.0362. The summed E-state index contributed by atoms with van der Waals surface area (Å²) in [6, 6.07) is 0. The van der Waals surface area contributed by atoms with E-state index >= 15 is 0 Å². The Morgan fingerprint density at radius 3 is 2.29 bits per heavy atom. The lowest BCUT2D eigenvalue weighted by atomic mass is 9.58. The van der Waals surface area contributed by atoms with Crippen molar-refractivity contribution in [2.45, 2.75) is 66.9 Å². The van der Waals surface area contributed by atoms with Crippen molar-refractivity contribution >= 4 is 6.29 Å². The fourth-order valence-electron chi connectivity index (χ4n) is 3.33. The zero-order valence-electron chi connectivity index (χ0n) is 14.8. The summed E-state index contributed by atoms with van der Waals surface area (Å²) in [6.07, 6.45) is 9.30. The first-order valence-electron chi connectivity index (χ1n) is 8.10. The molecule has 0 spiro atoms. The Kier molecular flexibility index (Phi) is 5.60. The number of aldehydes is 1. The molecule has 0 amide bonds. The van der Waals surface area contributed by atoms with E-state index in [1.807, 2.05) is 12.2 Å². The lowest BCUT2D eigenvalue weighted by Crippen LogP contribution is -2.56. The van der Waals surface area contributed by atoms with Gasteiger partial charge in [-0.15, -0.1) is 0 Å². The van der Waals surface area contributed by atoms with Gasteiger partial charge in [0, 0.05) is 6.61 Å². The van der Waals surface area contributed by atoms with Gasteiger partial charge in [-0.3, -0.25) is 0 Å². The van der Waals surface area contributed by atoms with Crippen molar-refractivity contribution in [3.8, 4) is 0 Å². The Morgan fingerprint density at radius 1 is 1.24 bits per heavy atom. The molecule has 21 heavy (non-hydrogen) atoms. The molecule has 0 fully saturated rings. The maximum Gasteiger partial charge on any atom is 0.130 e. The highest BCUT2D eigenvalue weighted by molar-refractivity contribution is 5.63. The van der Waals surface area contributed by atoms with Crippen LogP contribution in [0, 0.1) is 16.7 Å². The van der Waals surface area contributed by atoms with Gasteiger partial charge in [-0.1, -0.05) is 73.1 Å². The van der Waals surface area contributed by atoms with E-state index in [1.54, 1.807) is 0 Å². The van der Waals surface area contributed by atoms with Crippen molar-refractivity contribution in [2.75, 3.05) is 6.61 Å². The molecule has 1 rings (SSSR count). The van der Waals surface area contributed by atoms with Crippen LogP contribution in [-0.2, 0) is 9.53 Å². The first kappa shape index (κ1) is 18.2. The summed E-state index contributed by atoms with van der Waals surface area (Å²) in [6.45, 7) is 16.0. The van der Waals surface area contributed by atoms with Gasteiger partial charge in [-0.05, 0) is 22.8 Å². The zero-order valence-corrected chi connectivity index (χ0v) is 14.8. The van der Waals surface area contributed by atoms with Gasteiger partial charge in [0.25, 0.3) is 0 Å². The highest BCUT2D eigenvalue weighted by Gasteiger charge is 2.54. The molecule has 0 saturated carbocycles. The van der Waals surface area contributed by atoms with Gasteiger partial charge in [-0.25, -0.2) is 0 Å². The Bertz CT molecular complexity index is 418. The van der Waals surface area contributed by atoms with E-state index in [9.17, 15) is 4.79 Å². The van der Waals surface area contributed by atoms with Crippen molar-refractivity contribution in [2.24, 2.45) is 16.7 Å². The molecule has 0 N–H and O–H groups in total. The number of hydrogen-bond donors (Lipinski definition) is 0. The normalized spacial score (nSPS) is 26.6. The molecule has 0 aromatic heterocycles. The summed E-state index contributed by atoms with van der Waals surface area (Å²) < 4.78 is 6.47. The third-order valence-corrected chi connectivity index (χ3v) is 4.35. The van der Waals surface area contributed by atoms with Crippen LogP contribution >= 0.6 is 0 Å². The predicted octanol–water partition coefficient (Wildman–Crippen LogP) is 4.95. The fraction of sp³-hybridized carbons (Fsp3) is 0.737. The zero-order chi connectivity index (χ0) is 16.3. The summed E-state index contributed by atoms with van der Waals surface area (Å²) in [4.78, 5) is 11.8. The third kappa shape index (κ3) is 3.48. The van der Waals surface area contributed by atoms with Gasteiger partial charge in [0.15, 0.2) is 0 Å². The van der Waals surface area contributed by atoms with E-state index in [-0.39, 0.29) is 16.7 Å². The number of ether oxygens (including phenoxy) is 1. The Balaban J connectivity index is 3.40. The van der Waals surface area contributed by atoms with E-state index in [1.165, 1.54) is 5.57 Å². The monoisotopic (exact) mass is 292 g/mol. The molecule has 0 aliphatic heterocycles. The van der Waals surface area contributed by atoms with Gasteiger partial charge in [0.05, 0.1) is 5.92 Å².